The Morgan fingerprint density at radius 1 is 1.62 bits per heavy atom. The molecular weight excluding hydrogens is 185 g/mol. The Balaban J connectivity index is 2.53. The van der Waals surface area contributed by atoms with Crippen molar-refractivity contribution in [3.63, 3.8) is 0 Å². The maximum Gasteiger partial charge on any atom is 0.295 e. The summed E-state index contributed by atoms with van der Waals surface area (Å²) in [6.07, 6.45) is 5.89. The lowest BCUT2D eigenvalue weighted by atomic mass is 10.3. The predicted molar refractivity (Wildman–Crippen MR) is 56.4 cm³/mol. The summed E-state index contributed by atoms with van der Waals surface area (Å²) in [6.45, 7) is 2.05. The SMILES string of the molecule is CCCC[P+](O)(O)C1=C[C@@H](N)CC1. The molecule has 0 aliphatic heterocycles. The summed E-state index contributed by atoms with van der Waals surface area (Å²) in [5.41, 5.74) is 5.67. The molecule has 1 aliphatic rings. The Morgan fingerprint density at radius 3 is 2.77 bits per heavy atom. The second-order valence-electron chi connectivity index (χ2n) is 3.67. The van der Waals surface area contributed by atoms with Gasteiger partial charge in [-0.1, -0.05) is 13.3 Å². The lowest BCUT2D eigenvalue weighted by Crippen LogP contribution is -2.11. The Morgan fingerprint density at radius 2 is 2.31 bits per heavy atom. The lowest BCUT2D eigenvalue weighted by Gasteiger charge is -2.12. The van der Waals surface area contributed by atoms with Gasteiger partial charge in [-0.05, 0) is 18.9 Å². The van der Waals surface area contributed by atoms with E-state index in [4.69, 9.17) is 5.73 Å². The molecule has 0 saturated heterocycles. The Bertz CT molecular complexity index is 204. The minimum absolute atomic E-state index is 0.0373. The van der Waals surface area contributed by atoms with E-state index >= 15 is 0 Å². The standard InChI is InChI=1S/C9H19NO2P/c1-2-3-6-13(11,12)9-5-4-8(10)7-9/h7-8,11-12H,2-6,10H2,1H3/q+1/t8-/m0/s1. The van der Waals surface area contributed by atoms with E-state index in [9.17, 15) is 9.79 Å². The van der Waals surface area contributed by atoms with Gasteiger partial charge in [0.15, 0.2) is 0 Å². The highest BCUT2D eigenvalue weighted by Crippen LogP contribution is 2.61. The van der Waals surface area contributed by atoms with Crippen LogP contribution in [-0.2, 0) is 0 Å². The molecule has 1 aliphatic carbocycles. The van der Waals surface area contributed by atoms with Crippen molar-refractivity contribution in [3.8, 4) is 0 Å². The van der Waals surface area contributed by atoms with E-state index in [2.05, 4.69) is 6.92 Å². The van der Waals surface area contributed by atoms with Gasteiger partial charge in [0.05, 0.1) is 0 Å². The number of unbranched alkanes of at least 4 members (excludes halogenated alkanes) is 1. The van der Waals surface area contributed by atoms with Crippen molar-refractivity contribution >= 4 is 7.72 Å². The molecular formula is C9H19NO2P+. The minimum Gasteiger partial charge on any atom is -0.324 e. The van der Waals surface area contributed by atoms with E-state index < -0.39 is 7.72 Å². The van der Waals surface area contributed by atoms with Gasteiger partial charge < -0.3 is 5.73 Å². The molecule has 0 spiro atoms. The van der Waals surface area contributed by atoms with Crippen LogP contribution in [0.3, 0.4) is 0 Å². The van der Waals surface area contributed by atoms with E-state index in [0.29, 0.717) is 6.16 Å². The number of nitrogens with two attached hydrogens (primary N) is 1. The molecule has 13 heavy (non-hydrogen) atoms. The van der Waals surface area contributed by atoms with Gasteiger partial charge in [-0.3, -0.25) is 0 Å². The van der Waals surface area contributed by atoms with Gasteiger partial charge in [0.1, 0.15) is 11.5 Å². The topological polar surface area (TPSA) is 66.5 Å². The van der Waals surface area contributed by atoms with E-state index in [1.807, 2.05) is 6.08 Å². The smallest absolute Gasteiger partial charge is 0.295 e. The molecule has 0 unspecified atom stereocenters. The van der Waals surface area contributed by atoms with Gasteiger partial charge in [-0.15, -0.1) is 0 Å². The highest BCUT2D eigenvalue weighted by atomic mass is 31.2. The predicted octanol–water partition coefficient (Wildman–Crippen LogP) is 1.62. The number of hydrogen-bond donors (Lipinski definition) is 3. The third-order valence-corrected chi connectivity index (χ3v) is 4.66. The summed E-state index contributed by atoms with van der Waals surface area (Å²) < 4.78 is 0. The summed E-state index contributed by atoms with van der Waals surface area (Å²) in [5.74, 6) is 0. The van der Waals surface area contributed by atoms with Crippen LogP contribution in [0.5, 0.6) is 0 Å². The molecule has 0 aromatic carbocycles. The zero-order chi connectivity index (χ0) is 9.90. The number of rotatable bonds is 4. The fraction of sp³-hybridized carbons (Fsp3) is 0.778. The van der Waals surface area contributed by atoms with Crippen molar-refractivity contribution in [2.75, 3.05) is 6.16 Å². The highest BCUT2D eigenvalue weighted by molar-refractivity contribution is 7.68. The van der Waals surface area contributed by atoms with E-state index in [-0.39, 0.29) is 6.04 Å². The average molecular weight is 204 g/mol. The lowest BCUT2D eigenvalue weighted by molar-refractivity contribution is 0.454. The van der Waals surface area contributed by atoms with E-state index in [0.717, 1.165) is 31.0 Å². The molecule has 76 valence electrons. The second kappa shape index (κ2) is 4.52. The van der Waals surface area contributed by atoms with Crippen LogP contribution in [0.15, 0.2) is 11.4 Å². The second-order valence-corrected chi connectivity index (χ2v) is 6.15. The van der Waals surface area contributed by atoms with Crippen LogP contribution < -0.4 is 5.73 Å². The monoisotopic (exact) mass is 204 g/mol. The minimum atomic E-state index is -2.76. The van der Waals surface area contributed by atoms with Crippen LogP contribution in [0.1, 0.15) is 32.6 Å². The molecule has 0 saturated carbocycles. The van der Waals surface area contributed by atoms with Crippen molar-refractivity contribution in [3.05, 3.63) is 11.4 Å². The Kier molecular flexibility index (Phi) is 3.87. The fourth-order valence-corrected chi connectivity index (χ4v) is 3.51. The third-order valence-electron chi connectivity index (χ3n) is 2.42. The molecule has 4 N–H and O–H groups in total. The van der Waals surface area contributed by atoms with Crippen LogP contribution in [0.4, 0.5) is 0 Å². The van der Waals surface area contributed by atoms with Crippen LogP contribution >= 0.6 is 7.72 Å². The van der Waals surface area contributed by atoms with Gasteiger partial charge in [0.2, 0.25) is 0 Å². The summed E-state index contributed by atoms with van der Waals surface area (Å²) in [5, 5.41) is 0.813. The van der Waals surface area contributed by atoms with E-state index in [1.54, 1.807) is 0 Å². The molecule has 0 aromatic rings. The molecule has 0 bridgehead atoms. The summed E-state index contributed by atoms with van der Waals surface area (Å²) in [4.78, 5) is 19.6. The van der Waals surface area contributed by atoms with Crippen molar-refractivity contribution in [2.45, 2.75) is 38.6 Å². The quantitative estimate of drug-likeness (QED) is 0.610. The Hall–Kier alpha value is 0.0500. The molecule has 0 fully saturated rings. The average Bonchev–Trinajstić information content (AvgIpc) is 2.49. The molecule has 0 heterocycles. The molecule has 0 aromatic heterocycles. The maximum atomic E-state index is 9.81. The highest BCUT2D eigenvalue weighted by Gasteiger charge is 2.40. The van der Waals surface area contributed by atoms with Crippen molar-refractivity contribution in [2.24, 2.45) is 5.73 Å². The van der Waals surface area contributed by atoms with Crippen molar-refractivity contribution in [1.29, 1.82) is 0 Å². The molecule has 4 heteroatoms. The van der Waals surface area contributed by atoms with Gasteiger partial charge in [0.25, 0.3) is 7.72 Å². The first-order valence-corrected chi connectivity index (χ1v) is 6.74. The molecule has 3 nitrogen and oxygen atoms in total. The van der Waals surface area contributed by atoms with Crippen LogP contribution in [-0.4, -0.2) is 22.0 Å². The number of hydrogen-bond acceptors (Lipinski definition) is 3. The molecule has 0 radical (unpaired) electrons. The molecule has 1 rings (SSSR count). The van der Waals surface area contributed by atoms with Crippen molar-refractivity contribution in [1.82, 2.24) is 0 Å². The summed E-state index contributed by atoms with van der Waals surface area (Å²) in [6, 6.07) is 0.0373. The molecule has 0 amide bonds. The molecule has 1 atom stereocenters. The van der Waals surface area contributed by atoms with Crippen LogP contribution in [0.2, 0.25) is 0 Å². The zero-order valence-corrected chi connectivity index (χ0v) is 9.00. The van der Waals surface area contributed by atoms with Gasteiger partial charge in [-0.2, -0.15) is 0 Å². The van der Waals surface area contributed by atoms with Crippen LogP contribution in [0, 0.1) is 0 Å². The summed E-state index contributed by atoms with van der Waals surface area (Å²) in [7, 11) is -2.76. The van der Waals surface area contributed by atoms with Gasteiger partial charge >= 0.3 is 0 Å². The van der Waals surface area contributed by atoms with Crippen LogP contribution in [0.25, 0.3) is 0 Å². The third kappa shape index (κ3) is 3.03. The van der Waals surface area contributed by atoms with Gasteiger partial charge in [0, 0.05) is 12.5 Å². The zero-order valence-electron chi connectivity index (χ0n) is 8.11. The van der Waals surface area contributed by atoms with E-state index in [1.165, 1.54) is 0 Å². The van der Waals surface area contributed by atoms with Gasteiger partial charge in [-0.25, -0.2) is 9.79 Å². The first-order valence-electron chi connectivity index (χ1n) is 4.86. The first kappa shape index (κ1) is 11.1. The van der Waals surface area contributed by atoms with Crippen molar-refractivity contribution < 1.29 is 9.79 Å². The maximum absolute atomic E-state index is 9.81. The summed E-state index contributed by atoms with van der Waals surface area (Å²) >= 11 is 0. The fourth-order valence-electron chi connectivity index (χ4n) is 1.55. The first-order chi connectivity index (χ1) is 6.06. The Labute approximate surface area is 80.1 Å². The normalized spacial score (nSPS) is 23.4. The largest absolute Gasteiger partial charge is 0.324 e. The number of allylic oxidation sites excluding steroid dienone is 1.